The number of rotatable bonds is 4. The van der Waals surface area contributed by atoms with Gasteiger partial charge >= 0.3 is 0 Å². The number of halogens is 1. The summed E-state index contributed by atoms with van der Waals surface area (Å²) in [5, 5.41) is 4.37. The minimum atomic E-state index is -0.452. The van der Waals surface area contributed by atoms with E-state index >= 15 is 0 Å². The molecular weight excluding hydrogens is 305 g/mol. The summed E-state index contributed by atoms with van der Waals surface area (Å²) in [5.41, 5.74) is 0.543. The molecular formula is C15H18FN3O2S. The lowest BCUT2D eigenvalue weighted by Gasteiger charge is -2.25. The predicted octanol–water partition coefficient (Wildman–Crippen LogP) is 3.46. The number of benzene rings is 1. The lowest BCUT2D eigenvalue weighted by molar-refractivity contribution is 0.170. The lowest BCUT2D eigenvalue weighted by atomic mass is 10.1. The van der Waals surface area contributed by atoms with Crippen molar-refractivity contribution in [1.82, 2.24) is 14.7 Å². The van der Waals surface area contributed by atoms with E-state index in [0.29, 0.717) is 23.0 Å². The Balaban J connectivity index is 1.82. The maximum Gasteiger partial charge on any atom is 0.288 e. The van der Waals surface area contributed by atoms with Crippen LogP contribution in [0.1, 0.15) is 19.3 Å². The molecule has 2 heterocycles. The van der Waals surface area contributed by atoms with Crippen molar-refractivity contribution < 1.29 is 13.5 Å². The number of methoxy groups -OCH3 is 1. The first kappa shape index (κ1) is 15.2. The normalized spacial score (nSPS) is 15.9. The third kappa shape index (κ3) is 3.20. The number of nitrogens with zero attached hydrogens (tertiary/aromatic N) is 3. The van der Waals surface area contributed by atoms with Gasteiger partial charge in [-0.05, 0) is 56.3 Å². The van der Waals surface area contributed by atoms with Crippen molar-refractivity contribution in [3.8, 4) is 17.2 Å². The molecule has 0 spiro atoms. The Morgan fingerprint density at radius 3 is 2.77 bits per heavy atom. The highest BCUT2D eigenvalue weighted by molar-refractivity contribution is 7.71. The van der Waals surface area contributed by atoms with Crippen LogP contribution in [0.15, 0.2) is 22.6 Å². The fourth-order valence-electron chi connectivity index (χ4n) is 2.60. The molecule has 5 nitrogen and oxygen atoms in total. The van der Waals surface area contributed by atoms with Crippen LogP contribution in [-0.4, -0.2) is 34.9 Å². The SMILES string of the molecule is COc1ccc(-c2nn(CN3CCCCC3)c(=S)o2)cc1F. The third-order valence-electron chi connectivity index (χ3n) is 3.79. The van der Waals surface area contributed by atoms with Gasteiger partial charge in [0.25, 0.3) is 4.84 Å². The van der Waals surface area contributed by atoms with Gasteiger partial charge in [0.2, 0.25) is 5.89 Å². The highest BCUT2D eigenvalue weighted by Crippen LogP contribution is 2.24. The molecule has 1 fully saturated rings. The molecule has 0 N–H and O–H groups in total. The predicted molar refractivity (Wildman–Crippen MR) is 82.7 cm³/mol. The number of aromatic nitrogens is 2. The van der Waals surface area contributed by atoms with Gasteiger partial charge in [0.15, 0.2) is 11.6 Å². The maximum atomic E-state index is 13.8. The average molecular weight is 323 g/mol. The van der Waals surface area contributed by atoms with Crippen LogP contribution in [0.5, 0.6) is 5.75 Å². The van der Waals surface area contributed by atoms with Crippen molar-refractivity contribution in [2.24, 2.45) is 0 Å². The van der Waals surface area contributed by atoms with E-state index in [9.17, 15) is 4.39 Å². The van der Waals surface area contributed by atoms with E-state index in [1.54, 1.807) is 16.8 Å². The molecule has 0 atom stereocenters. The molecule has 1 aromatic carbocycles. The van der Waals surface area contributed by atoms with Gasteiger partial charge in [0.1, 0.15) is 0 Å². The van der Waals surface area contributed by atoms with E-state index in [1.807, 2.05) is 0 Å². The first-order valence-electron chi connectivity index (χ1n) is 7.31. The second-order valence-corrected chi connectivity index (χ2v) is 5.69. The second kappa shape index (κ2) is 6.58. The smallest absolute Gasteiger partial charge is 0.288 e. The molecule has 0 bridgehead atoms. The zero-order valence-corrected chi connectivity index (χ0v) is 13.2. The average Bonchev–Trinajstić information content (AvgIpc) is 2.89. The van der Waals surface area contributed by atoms with E-state index in [2.05, 4.69) is 10.00 Å². The lowest BCUT2D eigenvalue weighted by Crippen LogP contribution is -2.32. The molecule has 1 aliphatic rings. The van der Waals surface area contributed by atoms with Gasteiger partial charge in [-0.3, -0.25) is 4.90 Å². The Labute approximate surface area is 133 Å². The summed E-state index contributed by atoms with van der Waals surface area (Å²) in [6, 6.07) is 4.59. The highest BCUT2D eigenvalue weighted by atomic mass is 32.1. The fourth-order valence-corrected chi connectivity index (χ4v) is 2.78. The van der Waals surface area contributed by atoms with Crippen molar-refractivity contribution in [3.63, 3.8) is 0 Å². The summed E-state index contributed by atoms with van der Waals surface area (Å²) in [7, 11) is 1.43. The maximum absolute atomic E-state index is 13.8. The Morgan fingerprint density at radius 1 is 1.32 bits per heavy atom. The molecule has 0 unspecified atom stereocenters. The zero-order chi connectivity index (χ0) is 15.5. The summed E-state index contributed by atoms with van der Waals surface area (Å²) in [6.07, 6.45) is 3.67. The fraction of sp³-hybridized carbons (Fsp3) is 0.467. The van der Waals surface area contributed by atoms with E-state index in [-0.39, 0.29) is 5.75 Å². The molecule has 1 aromatic heterocycles. The van der Waals surface area contributed by atoms with Crippen molar-refractivity contribution in [3.05, 3.63) is 28.9 Å². The molecule has 1 aliphatic heterocycles. The third-order valence-corrected chi connectivity index (χ3v) is 4.08. The topological polar surface area (TPSA) is 43.4 Å². The van der Waals surface area contributed by atoms with Crippen molar-refractivity contribution in [2.75, 3.05) is 20.2 Å². The van der Waals surface area contributed by atoms with Crippen LogP contribution in [0.4, 0.5) is 4.39 Å². The van der Waals surface area contributed by atoms with Crippen molar-refractivity contribution >= 4 is 12.2 Å². The van der Waals surface area contributed by atoms with Gasteiger partial charge in [0, 0.05) is 5.56 Å². The first-order valence-corrected chi connectivity index (χ1v) is 7.72. The van der Waals surface area contributed by atoms with Gasteiger partial charge < -0.3 is 9.15 Å². The van der Waals surface area contributed by atoms with Crippen molar-refractivity contribution in [2.45, 2.75) is 25.9 Å². The van der Waals surface area contributed by atoms with Crippen LogP contribution in [0.2, 0.25) is 0 Å². The van der Waals surface area contributed by atoms with E-state index in [4.69, 9.17) is 21.4 Å². The van der Waals surface area contributed by atoms with Gasteiger partial charge in [0.05, 0.1) is 13.8 Å². The van der Waals surface area contributed by atoms with Crippen LogP contribution >= 0.6 is 12.2 Å². The molecule has 0 saturated carbocycles. The number of ether oxygens (including phenoxy) is 1. The van der Waals surface area contributed by atoms with Crippen LogP contribution in [0, 0.1) is 10.7 Å². The second-order valence-electron chi connectivity index (χ2n) is 5.34. The summed E-state index contributed by atoms with van der Waals surface area (Å²) < 4.78 is 25.8. The van der Waals surface area contributed by atoms with Crippen molar-refractivity contribution in [1.29, 1.82) is 0 Å². The van der Waals surface area contributed by atoms with Crippen LogP contribution in [-0.2, 0) is 6.67 Å². The molecule has 2 aromatic rings. The molecule has 0 radical (unpaired) electrons. The zero-order valence-electron chi connectivity index (χ0n) is 12.4. The molecule has 0 aliphatic carbocycles. The van der Waals surface area contributed by atoms with Gasteiger partial charge in [-0.25, -0.2) is 9.07 Å². The highest BCUT2D eigenvalue weighted by Gasteiger charge is 2.15. The number of hydrogen-bond donors (Lipinski definition) is 0. The Morgan fingerprint density at radius 2 is 2.09 bits per heavy atom. The van der Waals surface area contributed by atoms with Crippen LogP contribution in [0.25, 0.3) is 11.5 Å². The molecule has 3 rings (SSSR count). The van der Waals surface area contributed by atoms with Gasteiger partial charge in [-0.15, -0.1) is 5.10 Å². The number of hydrogen-bond acceptors (Lipinski definition) is 5. The largest absolute Gasteiger partial charge is 0.494 e. The van der Waals surface area contributed by atoms with E-state index < -0.39 is 5.82 Å². The minimum absolute atomic E-state index is 0.190. The molecule has 7 heteroatoms. The van der Waals surface area contributed by atoms with Crippen LogP contribution < -0.4 is 4.74 Å². The minimum Gasteiger partial charge on any atom is -0.494 e. The summed E-state index contributed by atoms with van der Waals surface area (Å²) in [6.45, 7) is 2.70. The number of likely N-dealkylation sites (tertiary alicyclic amines) is 1. The standard InChI is InChI=1S/C15H18FN3O2S/c1-20-13-6-5-11(9-12(13)16)14-17-19(15(22)21-14)10-18-7-3-2-4-8-18/h5-6,9H,2-4,7-8,10H2,1H3. The van der Waals surface area contributed by atoms with Crippen LogP contribution in [0.3, 0.4) is 0 Å². The molecule has 0 amide bonds. The Bertz CT molecular complexity index is 707. The Kier molecular flexibility index (Phi) is 4.54. The summed E-state index contributed by atoms with van der Waals surface area (Å²) in [4.78, 5) is 2.59. The molecule has 22 heavy (non-hydrogen) atoms. The summed E-state index contributed by atoms with van der Waals surface area (Å²) >= 11 is 5.21. The Hall–Kier alpha value is -1.73. The molecule has 1 saturated heterocycles. The van der Waals surface area contributed by atoms with E-state index in [0.717, 1.165) is 13.1 Å². The van der Waals surface area contributed by atoms with E-state index in [1.165, 1.54) is 32.4 Å². The summed E-state index contributed by atoms with van der Waals surface area (Å²) in [5.74, 6) is 0.0605. The quantitative estimate of drug-likeness (QED) is 0.806. The molecule has 118 valence electrons. The van der Waals surface area contributed by atoms with Gasteiger partial charge in [-0.1, -0.05) is 6.42 Å². The first-order chi connectivity index (χ1) is 10.7. The number of piperidine rings is 1. The van der Waals surface area contributed by atoms with Gasteiger partial charge in [-0.2, -0.15) is 0 Å². The monoisotopic (exact) mass is 323 g/mol.